The summed E-state index contributed by atoms with van der Waals surface area (Å²) in [6.07, 6.45) is 4.53. The molecule has 0 aliphatic carbocycles. The van der Waals surface area contributed by atoms with Crippen LogP contribution in [0.2, 0.25) is 0 Å². The third-order valence-corrected chi connectivity index (χ3v) is 7.30. The third-order valence-electron chi connectivity index (χ3n) is 6.09. The van der Waals surface area contributed by atoms with Crippen molar-refractivity contribution in [1.29, 1.82) is 0 Å². The van der Waals surface area contributed by atoms with Gasteiger partial charge in [-0.1, -0.05) is 72.8 Å². The smallest absolute Gasteiger partial charge is 0.252 e. The number of amides is 1. The molecular weight excluding hydrogens is 454 g/mol. The van der Waals surface area contributed by atoms with E-state index >= 15 is 0 Å². The van der Waals surface area contributed by atoms with Gasteiger partial charge in [0.2, 0.25) is 0 Å². The number of carbonyl (C=O) groups is 1. The molecule has 2 heterocycles. The van der Waals surface area contributed by atoms with Crippen LogP contribution in [-0.4, -0.2) is 34.2 Å². The van der Waals surface area contributed by atoms with E-state index in [0.717, 1.165) is 46.9 Å². The van der Waals surface area contributed by atoms with Gasteiger partial charge in [-0.15, -0.1) is 11.8 Å². The number of ether oxygens (including phenoxy) is 1. The van der Waals surface area contributed by atoms with Gasteiger partial charge in [0, 0.05) is 41.1 Å². The van der Waals surface area contributed by atoms with Crippen LogP contribution in [0.3, 0.4) is 0 Å². The molecule has 6 heteroatoms. The number of nitrogens with one attached hydrogen (secondary N) is 1. The van der Waals surface area contributed by atoms with Crippen molar-refractivity contribution in [2.45, 2.75) is 36.9 Å². The summed E-state index contributed by atoms with van der Waals surface area (Å²) < 4.78 is 7.70. The predicted octanol–water partition coefficient (Wildman–Crippen LogP) is 5.80. The first-order valence-corrected chi connectivity index (χ1v) is 13.0. The van der Waals surface area contributed by atoms with Gasteiger partial charge in [0.25, 0.3) is 5.91 Å². The fourth-order valence-corrected chi connectivity index (χ4v) is 5.41. The van der Waals surface area contributed by atoms with E-state index in [-0.39, 0.29) is 12.0 Å². The summed E-state index contributed by atoms with van der Waals surface area (Å²) in [6, 6.07) is 28.2. The second-order valence-electron chi connectivity index (χ2n) is 8.68. The molecule has 1 aliphatic rings. The average Bonchev–Trinajstić information content (AvgIpc) is 3.57. The molecule has 1 N–H and O–H groups in total. The van der Waals surface area contributed by atoms with Crippen LogP contribution in [0.15, 0.2) is 96.0 Å². The Morgan fingerprint density at radius 3 is 2.51 bits per heavy atom. The highest BCUT2D eigenvalue weighted by atomic mass is 32.2. The molecule has 0 spiro atoms. The van der Waals surface area contributed by atoms with E-state index in [9.17, 15) is 4.79 Å². The maximum atomic E-state index is 13.2. The van der Waals surface area contributed by atoms with Crippen LogP contribution in [0.1, 0.15) is 34.3 Å². The fourth-order valence-electron chi connectivity index (χ4n) is 4.29. The van der Waals surface area contributed by atoms with Crippen LogP contribution < -0.4 is 5.32 Å². The van der Waals surface area contributed by atoms with Gasteiger partial charge in [0.05, 0.1) is 23.9 Å². The molecule has 3 aromatic carbocycles. The van der Waals surface area contributed by atoms with Crippen molar-refractivity contribution < 1.29 is 9.53 Å². The van der Waals surface area contributed by atoms with Gasteiger partial charge in [-0.2, -0.15) is 5.10 Å². The van der Waals surface area contributed by atoms with E-state index in [1.54, 1.807) is 11.8 Å². The zero-order valence-electron chi connectivity index (χ0n) is 19.6. The van der Waals surface area contributed by atoms with E-state index in [0.29, 0.717) is 18.7 Å². The summed E-state index contributed by atoms with van der Waals surface area (Å²) in [5, 5.41) is 8.00. The van der Waals surface area contributed by atoms with Crippen molar-refractivity contribution in [1.82, 2.24) is 15.1 Å². The molecule has 1 unspecified atom stereocenters. The Hall–Kier alpha value is -3.35. The van der Waals surface area contributed by atoms with Gasteiger partial charge >= 0.3 is 0 Å². The number of thioether (sulfide) groups is 1. The Labute approximate surface area is 210 Å². The van der Waals surface area contributed by atoms with E-state index in [2.05, 4.69) is 29.6 Å². The molecular formula is C29H29N3O2S. The molecule has 5 nitrogen and oxygen atoms in total. The van der Waals surface area contributed by atoms with Gasteiger partial charge in [0.15, 0.2) is 0 Å². The van der Waals surface area contributed by atoms with E-state index in [1.807, 2.05) is 71.5 Å². The van der Waals surface area contributed by atoms with Gasteiger partial charge in [-0.3, -0.25) is 9.48 Å². The minimum atomic E-state index is -0.0738. The van der Waals surface area contributed by atoms with Crippen LogP contribution in [0, 0.1) is 0 Å². The molecule has 35 heavy (non-hydrogen) atoms. The number of hydrogen-bond donors (Lipinski definition) is 1. The lowest BCUT2D eigenvalue weighted by atomic mass is 10.1. The number of benzene rings is 3. The van der Waals surface area contributed by atoms with Crippen molar-refractivity contribution in [2.75, 3.05) is 12.4 Å². The molecule has 1 saturated heterocycles. The summed E-state index contributed by atoms with van der Waals surface area (Å²) in [4.78, 5) is 14.2. The number of carbonyl (C=O) groups excluding carboxylic acids is 1. The zero-order valence-corrected chi connectivity index (χ0v) is 20.4. The molecule has 0 radical (unpaired) electrons. The quantitative estimate of drug-likeness (QED) is 0.306. The van der Waals surface area contributed by atoms with E-state index < -0.39 is 0 Å². The minimum Gasteiger partial charge on any atom is -0.377 e. The number of nitrogens with zero attached hydrogens (tertiary/aromatic N) is 2. The molecule has 0 saturated carbocycles. The maximum absolute atomic E-state index is 13.2. The SMILES string of the molecule is O=C(NCc1cn(Cc2ccccc2)nc1-c1ccccc1)c1ccccc1SCC1CCCO1. The van der Waals surface area contributed by atoms with E-state index in [4.69, 9.17) is 9.84 Å². The Kier molecular flexibility index (Phi) is 7.61. The Morgan fingerprint density at radius 1 is 1.00 bits per heavy atom. The molecule has 178 valence electrons. The lowest BCUT2D eigenvalue weighted by molar-refractivity contribution is 0.0948. The van der Waals surface area contributed by atoms with Gasteiger partial charge < -0.3 is 10.1 Å². The molecule has 1 amide bonds. The second-order valence-corrected chi connectivity index (χ2v) is 9.74. The van der Waals surface area contributed by atoms with Crippen LogP contribution in [0.4, 0.5) is 0 Å². The number of rotatable bonds is 9. The van der Waals surface area contributed by atoms with Gasteiger partial charge in [0.1, 0.15) is 0 Å². The van der Waals surface area contributed by atoms with E-state index in [1.165, 1.54) is 5.56 Å². The van der Waals surface area contributed by atoms with Gasteiger partial charge in [-0.05, 0) is 30.5 Å². The largest absolute Gasteiger partial charge is 0.377 e. The Morgan fingerprint density at radius 2 is 1.74 bits per heavy atom. The number of aromatic nitrogens is 2. The molecule has 0 bridgehead atoms. The predicted molar refractivity (Wildman–Crippen MR) is 141 cm³/mol. The van der Waals surface area contributed by atoms with Crippen molar-refractivity contribution >= 4 is 17.7 Å². The third kappa shape index (κ3) is 6.02. The minimum absolute atomic E-state index is 0.0738. The van der Waals surface area contributed by atoms with Crippen LogP contribution >= 0.6 is 11.8 Å². The Balaban J connectivity index is 1.32. The van der Waals surface area contributed by atoms with Crippen LogP contribution in [0.5, 0.6) is 0 Å². The fraction of sp³-hybridized carbons (Fsp3) is 0.241. The first-order chi connectivity index (χ1) is 17.3. The summed E-state index contributed by atoms with van der Waals surface area (Å²) in [6.45, 7) is 1.93. The first-order valence-electron chi connectivity index (χ1n) is 12.0. The zero-order chi connectivity index (χ0) is 23.9. The summed E-state index contributed by atoms with van der Waals surface area (Å²) in [5.74, 6) is 0.796. The molecule has 5 rings (SSSR count). The topological polar surface area (TPSA) is 56.2 Å². The van der Waals surface area contributed by atoms with Crippen molar-refractivity contribution in [3.8, 4) is 11.3 Å². The lowest BCUT2D eigenvalue weighted by Crippen LogP contribution is -2.23. The molecule has 4 aromatic rings. The van der Waals surface area contributed by atoms with Crippen molar-refractivity contribution in [2.24, 2.45) is 0 Å². The second kappa shape index (κ2) is 11.4. The first kappa shape index (κ1) is 23.4. The highest BCUT2D eigenvalue weighted by molar-refractivity contribution is 7.99. The van der Waals surface area contributed by atoms with Gasteiger partial charge in [-0.25, -0.2) is 0 Å². The summed E-state index contributed by atoms with van der Waals surface area (Å²) in [5.41, 5.74) is 4.81. The monoisotopic (exact) mass is 483 g/mol. The molecule has 1 atom stereocenters. The Bertz CT molecular complexity index is 1250. The molecule has 1 fully saturated rings. The highest BCUT2D eigenvalue weighted by Gasteiger charge is 2.19. The average molecular weight is 484 g/mol. The molecule has 1 aliphatic heterocycles. The maximum Gasteiger partial charge on any atom is 0.252 e. The highest BCUT2D eigenvalue weighted by Crippen LogP contribution is 2.27. The lowest BCUT2D eigenvalue weighted by Gasteiger charge is -2.12. The van der Waals surface area contributed by atoms with Crippen molar-refractivity contribution in [3.63, 3.8) is 0 Å². The number of hydrogen-bond acceptors (Lipinski definition) is 4. The normalized spacial score (nSPS) is 15.3. The van der Waals surface area contributed by atoms with Crippen LogP contribution in [0.25, 0.3) is 11.3 Å². The van der Waals surface area contributed by atoms with Crippen molar-refractivity contribution in [3.05, 3.63) is 108 Å². The summed E-state index contributed by atoms with van der Waals surface area (Å²) in [7, 11) is 0. The summed E-state index contributed by atoms with van der Waals surface area (Å²) >= 11 is 1.70. The standard InChI is InChI=1S/C29H29N3O2S/c33-29(26-15-7-8-16-27(26)35-21-25-14-9-17-34-25)30-18-24-20-32(19-22-10-3-1-4-11-22)31-28(24)23-12-5-2-6-13-23/h1-8,10-13,15-16,20,25H,9,14,17-19,21H2,(H,30,33). The van der Waals surface area contributed by atoms with Crippen LogP contribution in [-0.2, 0) is 17.8 Å². The molecule has 1 aromatic heterocycles.